The second-order valence-corrected chi connectivity index (χ2v) is 3.78. The van der Waals surface area contributed by atoms with Gasteiger partial charge in [-0.3, -0.25) is 14.7 Å². The Balaban J connectivity index is 1.96. The number of carbonyl (C=O) groups is 1. The Morgan fingerprint density at radius 1 is 1.40 bits per heavy atom. The van der Waals surface area contributed by atoms with Gasteiger partial charge in [-0.15, -0.1) is 0 Å². The lowest BCUT2D eigenvalue weighted by Crippen LogP contribution is -2.29. The minimum atomic E-state index is 0.265. The first-order valence-electron chi connectivity index (χ1n) is 5.18. The number of pyridine rings is 1. The van der Waals surface area contributed by atoms with Gasteiger partial charge in [0, 0.05) is 32.0 Å². The van der Waals surface area contributed by atoms with Gasteiger partial charge in [0.25, 0.3) is 0 Å². The van der Waals surface area contributed by atoms with Gasteiger partial charge in [-0.2, -0.15) is 0 Å². The molecule has 0 atom stereocenters. The van der Waals surface area contributed by atoms with E-state index in [1.165, 1.54) is 5.56 Å². The molecular formula is C11H15N3O. The van der Waals surface area contributed by atoms with Crippen molar-refractivity contribution in [2.24, 2.45) is 0 Å². The van der Waals surface area contributed by atoms with E-state index in [-0.39, 0.29) is 5.78 Å². The summed E-state index contributed by atoms with van der Waals surface area (Å²) >= 11 is 0. The van der Waals surface area contributed by atoms with E-state index in [0.29, 0.717) is 13.1 Å². The normalized spacial score (nSPS) is 18.8. The Morgan fingerprint density at radius 2 is 2.20 bits per heavy atom. The summed E-state index contributed by atoms with van der Waals surface area (Å²) in [5, 5.41) is 3.11. The summed E-state index contributed by atoms with van der Waals surface area (Å²) in [5.74, 6) is 0.265. The molecule has 0 amide bonds. The van der Waals surface area contributed by atoms with Crippen molar-refractivity contribution in [3.05, 3.63) is 30.1 Å². The highest BCUT2D eigenvalue weighted by Crippen LogP contribution is 2.03. The molecule has 0 aromatic carbocycles. The Labute approximate surface area is 89.3 Å². The van der Waals surface area contributed by atoms with Gasteiger partial charge in [-0.05, 0) is 17.7 Å². The van der Waals surface area contributed by atoms with Crippen LogP contribution in [0.2, 0.25) is 0 Å². The van der Waals surface area contributed by atoms with Crippen molar-refractivity contribution in [2.75, 3.05) is 26.2 Å². The van der Waals surface area contributed by atoms with Crippen LogP contribution in [0.3, 0.4) is 0 Å². The fourth-order valence-electron chi connectivity index (χ4n) is 1.73. The quantitative estimate of drug-likeness (QED) is 0.741. The summed E-state index contributed by atoms with van der Waals surface area (Å²) in [7, 11) is 0. The van der Waals surface area contributed by atoms with Gasteiger partial charge < -0.3 is 5.32 Å². The summed E-state index contributed by atoms with van der Waals surface area (Å²) in [6, 6.07) is 3.98. The smallest absolute Gasteiger partial charge is 0.160 e. The number of Topliss-reactive ketones (excluding diaryl/α,β-unsaturated/α-hetero) is 1. The number of carbonyl (C=O) groups excluding carboxylic acids is 1. The van der Waals surface area contributed by atoms with Gasteiger partial charge in [0.05, 0.1) is 13.1 Å². The molecule has 1 fully saturated rings. The zero-order valence-corrected chi connectivity index (χ0v) is 8.65. The minimum absolute atomic E-state index is 0.265. The van der Waals surface area contributed by atoms with Gasteiger partial charge in [0.15, 0.2) is 5.78 Å². The SMILES string of the molecule is O=C1CNCCN(Cc2ccncc2)C1. The first kappa shape index (κ1) is 10.3. The van der Waals surface area contributed by atoms with Gasteiger partial charge in [-0.25, -0.2) is 0 Å². The largest absolute Gasteiger partial charge is 0.309 e. The Bertz CT molecular complexity index is 326. The molecule has 1 aliphatic rings. The van der Waals surface area contributed by atoms with Gasteiger partial charge in [0.2, 0.25) is 0 Å². The number of ketones is 1. The number of nitrogens with zero attached hydrogens (tertiary/aromatic N) is 2. The third-order valence-electron chi connectivity index (χ3n) is 2.48. The molecule has 0 bridgehead atoms. The van der Waals surface area contributed by atoms with E-state index in [1.807, 2.05) is 12.1 Å². The first-order valence-corrected chi connectivity index (χ1v) is 5.18. The fourth-order valence-corrected chi connectivity index (χ4v) is 1.73. The molecule has 0 unspecified atom stereocenters. The van der Waals surface area contributed by atoms with Gasteiger partial charge in [-0.1, -0.05) is 0 Å². The van der Waals surface area contributed by atoms with E-state index in [0.717, 1.165) is 19.6 Å². The highest BCUT2D eigenvalue weighted by atomic mass is 16.1. The molecule has 1 aromatic rings. The van der Waals surface area contributed by atoms with E-state index in [4.69, 9.17) is 0 Å². The van der Waals surface area contributed by atoms with Gasteiger partial charge >= 0.3 is 0 Å². The standard InChI is InChI=1S/C11H15N3O/c15-11-7-13-5-6-14(9-11)8-10-1-3-12-4-2-10/h1-4,13H,5-9H2. The van der Waals surface area contributed by atoms with E-state index < -0.39 is 0 Å². The van der Waals surface area contributed by atoms with Crippen LogP contribution in [0.5, 0.6) is 0 Å². The second-order valence-electron chi connectivity index (χ2n) is 3.78. The van der Waals surface area contributed by atoms with Crippen molar-refractivity contribution in [3.63, 3.8) is 0 Å². The lowest BCUT2D eigenvalue weighted by atomic mass is 10.2. The van der Waals surface area contributed by atoms with Gasteiger partial charge in [0.1, 0.15) is 0 Å². The molecule has 1 N–H and O–H groups in total. The maximum absolute atomic E-state index is 11.4. The van der Waals surface area contributed by atoms with Crippen LogP contribution in [0, 0.1) is 0 Å². The predicted octanol–water partition coefficient (Wildman–Crippen LogP) is 0.0559. The molecule has 2 heterocycles. The van der Waals surface area contributed by atoms with Crippen LogP contribution in [-0.2, 0) is 11.3 Å². The number of hydrogen-bond donors (Lipinski definition) is 1. The van der Waals surface area contributed by atoms with Crippen molar-refractivity contribution < 1.29 is 4.79 Å². The topological polar surface area (TPSA) is 45.2 Å². The lowest BCUT2D eigenvalue weighted by Gasteiger charge is -2.18. The van der Waals surface area contributed by atoms with Crippen LogP contribution in [-0.4, -0.2) is 41.8 Å². The molecule has 0 spiro atoms. The molecule has 0 aliphatic carbocycles. The molecule has 1 saturated heterocycles. The molecule has 15 heavy (non-hydrogen) atoms. The molecule has 1 aromatic heterocycles. The molecule has 80 valence electrons. The zero-order chi connectivity index (χ0) is 10.5. The van der Waals surface area contributed by atoms with E-state index in [2.05, 4.69) is 15.2 Å². The minimum Gasteiger partial charge on any atom is -0.309 e. The number of hydrogen-bond acceptors (Lipinski definition) is 4. The fraction of sp³-hybridized carbons (Fsp3) is 0.455. The highest BCUT2D eigenvalue weighted by molar-refractivity contribution is 5.82. The summed E-state index contributed by atoms with van der Waals surface area (Å²) < 4.78 is 0. The van der Waals surface area contributed by atoms with Crippen molar-refractivity contribution in [3.8, 4) is 0 Å². The predicted molar refractivity (Wildman–Crippen MR) is 57.4 cm³/mol. The van der Waals surface area contributed by atoms with Crippen molar-refractivity contribution in [1.82, 2.24) is 15.2 Å². The maximum atomic E-state index is 11.4. The molecule has 4 heteroatoms. The molecular weight excluding hydrogens is 190 g/mol. The van der Waals surface area contributed by atoms with Crippen LogP contribution in [0.25, 0.3) is 0 Å². The monoisotopic (exact) mass is 205 g/mol. The van der Waals surface area contributed by atoms with Crippen LogP contribution >= 0.6 is 0 Å². The zero-order valence-electron chi connectivity index (χ0n) is 8.65. The average molecular weight is 205 g/mol. The third kappa shape index (κ3) is 3.11. The van der Waals surface area contributed by atoms with E-state index >= 15 is 0 Å². The van der Waals surface area contributed by atoms with Crippen LogP contribution in [0.1, 0.15) is 5.56 Å². The summed E-state index contributed by atoms with van der Waals surface area (Å²) in [6.45, 7) is 3.70. The highest BCUT2D eigenvalue weighted by Gasteiger charge is 2.14. The second kappa shape index (κ2) is 5.00. The summed E-state index contributed by atoms with van der Waals surface area (Å²) in [6.07, 6.45) is 3.57. The average Bonchev–Trinajstić information content (AvgIpc) is 2.44. The van der Waals surface area contributed by atoms with Crippen LogP contribution in [0.4, 0.5) is 0 Å². The van der Waals surface area contributed by atoms with E-state index in [9.17, 15) is 4.79 Å². The summed E-state index contributed by atoms with van der Waals surface area (Å²) in [5.41, 5.74) is 1.21. The molecule has 1 aliphatic heterocycles. The Morgan fingerprint density at radius 3 is 3.00 bits per heavy atom. The van der Waals surface area contributed by atoms with Crippen LogP contribution in [0.15, 0.2) is 24.5 Å². The number of aromatic nitrogens is 1. The molecule has 0 radical (unpaired) electrons. The van der Waals surface area contributed by atoms with E-state index in [1.54, 1.807) is 12.4 Å². The first-order chi connectivity index (χ1) is 7.34. The van der Waals surface area contributed by atoms with Crippen LogP contribution < -0.4 is 5.32 Å². The molecule has 0 saturated carbocycles. The maximum Gasteiger partial charge on any atom is 0.160 e. The number of nitrogens with one attached hydrogen (secondary N) is 1. The van der Waals surface area contributed by atoms with Crippen molar-refractivity contribution >= 4 is 5.78 Å². The molecule has 2 rings (SSSR count). The lowest BCUT2D eigenvalue weighted by molar-refractivity contribution is -0.118. The van der Waals surface area contributed by atoms with Crippen molar-refractivity contribution in [2.45, 2.75) is 6.54 Å². The summed E-state index contributed by atoms with van der Waals surface area (Å²) in [4.78, 5) is 17.5. The Kier molecular flexibility index (Phi) is 3.42. The Hall–Kier alpha value is -1.26. The third-order valence-corrected chi connectivity index (χ3v) is 2.48. The number of rotatable bonds is 2. The van der Waals surface area contributed by atoms with Crippen molar-refractivity contribution in [1.29, 1.82) is 0 Å². The molecule has 4 nitrogen and oxygen atoms in total.